The van der Waals surface area contributed by atoms with Gasteiger partial charge in [-0.05, 0) is 38.7 Å². The zero-order valence-corrected chi connectivity index (χ0v) is 10.2. The maximum absolute atomic E-state index is 11.1. The Morgan fingerprint density at radius 3 is 2.69 bits per heavy atom. The fraction of sp³-hybridized carbons (Fsp3) is 0.417. The fourth-order valence-corrected chi connectivity index (χ4v) is 1.34. The first-order valence-electron chi connectivity index (χ1n) is 5.16. The van der Waals surface area contributed by atoms with Crippen molar-refractivity contribution >= 4 is 11.8 Å². The van der Waals surface area contributed by atoms with Crippen LogP contribution in [0, 0.1) is 0 Å². The van der Waals surface area contributed by atoms with Gasteiger partial charge in [0.25, 0.3) is 0 Å². The van der Waals surface area contributed by atoms with E-state index in [9.17, 15) is 4.79 Å². The molecule has 0 saturated carbocycles. The van der Waals surface area contributed by atoms with Crippen molar-refractivity contribution in [2.75, 3.05) is 26.5 Å². The number of hydrogen-bond donors (Lipinski definition) is 1. The second-order valence-corrected chi connectivity index (χ2v) is 3.88. The zero-order chi connectivity index (χ0) is 12.1. The lowest BCUT2D eigenvalue weighted by molar-refractivity contribution is 0.187. The maximum atomic E-state index is 11.1. The number of rotatable bonds is 3. The number of ether oxygens (including phenoxy) is 1. The van der Waals surface area contributed by atoms with Crippen molar-refractivity contribution in [3.63, 3.8) is 0 Å². The molecule has 0 aliphatic carbocycles. The summed E-state index contributed by atoms with van der Waals surface area (Å²) in [5.74, 6) is 0. The minimum absolute atomic E-state index is 0.305. The summed E-state index contributed by atoms with van der Waals surface area (Å²) in [7, 11) is 5.39. The summed E-state index contributed by atoms with van der Waals surface area (Å²) in [6.07, 6.45) is -0.449. The first-order valence-corrected chi connectivity index (χ1v) is 5.16. The highest BCUT2D eigenvalue weighted by molar-refractivity contribution is 5.84. The van der Waals surface area contributed by atoms with Gasteiger partial charge < -0.3 is 9.64 Å². The number of carbonyl (C=O) groups excluding carboxylic acids is 1. The van der Waals surface area contributed by atoms with Gasteiger partial charge in [-0.3, -0.25) is 5.32 Å². The highest BCUT2D eigenvalue weighted by atomic mass is 16.5. The fourth-order valence-electron chi connectivity index (χ4n) is 1.34. The normalized spacial score (nSPS) is 12.3. The number of nitrogens with one attached hydrogen (secondary N) is 1. The Balaban J connectivity index is 2.82. The molecule has 0 aromatic heterocycles. The van der Waals surface area contributed by atoms with E-state index >= 15 is 0 Å². The molecule has 1 unspecified atom stereocenters. The Hall–Kier alpha value is -1.55. The number of carbonyl (C=O) groups is 1. The largest absolute Gasteiger partial charge is 0.453 e. The highest BCUT2D eigenvalue weighted by Gasteiger charge is 2.08. The number of methoxy groups -OCH3 is 1. The van der Waals surface area contributed by atoms with Crippen molar-refractivity contribution in [1.29, 1.82) is 0 Å². The van der Waals surface area contributed by atoms with Crippen LogP contribution in [0.2, 0.25) is 0 Å². The number of nitrogens with zero attached hydrogens (tertiary/aromatic N) is 1. The van der Waals surface area contributed by atoms with Crippen LogP contribution in [0.3, 0.4) is 0 Å². The molecule has 1 aromatic carbocycles. The van der Waals surface area contributed by atoms with E-state index in [0.717, 1.165) is 11.3 Å². The van der Waals surface area contributed by atoms with E-state index in [2.05, 4.69) is 21.9 Å². The second kappa shape index (κ2) is 5.51. The summed E-state index contributed by atoms with van der Waals surface area (Å²) in [6.45, 7) is 2.11. The molecular formula is C12H18N2O2. The average Bonchev–Trinajstić information content (AvgIpc) is 2.28. The van der Waals surface area contributed by atoms with Crippen LogP contribution in [0.5, 0.6) is 0 Å². The standard InChI is InChI=1S/C12H18N2O2/c1-9(14(2)3)10-6-5-7-11(8-10)13-12(15)16-4/h5-9H,1-4H3,(H,13,15). The molecule has 1 aromatic rings. The molecule has 0 aliphatic rings. The van der Waals surface area contributed by atoms with Crippen molar-refractivity contribution in [2.45, 2.75) is 13.0 Å². The molecule has 0 fully saturated rings. The van der Waals surface area contributed by atoms with Crippen LogP contribution in [-0.4, -0.2) is 32.2 Å². The molecule has 0 heterocycles. The topological polar surface area (TPSA) is 41.6 Å². The summed E-state index contributed by atoms with van der Waals surface area (Å²) in [6, 6.07) is 8.04. The van der Waals surface area contributed by atoms with Crippen molar-refractivity contribution < 1.29 is 9.53 Å². The molecule has 0 aliphatic heterocycles. The van der Waals surface area contributed by atoms with Gasteiger partial charge in [0.15, 0.2) is 0 Å². The predicted molar refractivity (Wildman–Crippen MR) is 64.6 cm³/mol. The Morgan fingerprint density at radius 1 is 1.44 bits per heavy atom. The molecule has 1 rings (SSSR count). The van der Waals surface area contributed by atoms with Crippen LogP contribution >= 0.6 is 0 Å². The molecule has 1 N–H and O–H groups in total. The van der Waals surface area contributed by atoms with E-state index in [-0.39, 0.29) is 0 Å². The Kier molecular flexibility index (Phi) is 4.31. The molecule has 4 nitrogen and oxygen atoms in total. The third-order valence-electron chi connectivity index (χ3n) is 2.58. The predicted octanol–water partition coefficient (Wildman–Crippen LogP) is 2.49. The number of anilines is 1. The first kappa shape index (κ1) is 12.5. The van der Waals surface area contributed by atoms with Gasteiger partial charge in [0, 0.05) is 11.7 Å². The molecule has 0 spiro atoms. The number of hydrogen-bond acceptors (Lipinski definition) is 3. The lowest BCUT2D eigenvalue weighted by Crippen LogP contribution is -2.17. The third kappa shape index (κ3) is 3.24. The van der Waals surface area contributed by atoms with E-state index in [1.54, 1.807) is 0 Å². The van der Waals surface area contributed by atoms with Gasteiger partial charge in [-0.1, -0.05) is 12.1 Å². The molecule has 4 heteroatoms. The lowest BCUT2D eigenvalue weighted by Gasteiger charge is -2.20. The monoisotopic (exact) mass is 222 g/mol. The van der Waals surface area contributed by atoms with E-state index in [1.807, 2.05) is 38.4 Å². The van der Waals surface area contributed by atoms with E-state index in [0.29, 0.717) is 6.04 Å². The van der Waals surface area contributed by atoms with Gasteiger partial charge >= 0.3 is 6.09 Å². The number of amides is 1. The van der Waals surface area contributed by atoms with Gasteiger partial charge in [0.2, 0.25) is 0 Å². The minimum atomic E-state index is -0.449. The molecule has 1 amide bonds. The van der Waals surface area contributed by atoms with Crippen molar-refractivity contribution in [2.24, 2.45) is 0 Å². The molecule has 1 atom stereocenters. The van der Waals surface area contributed by atoms with Crippen LogP contribution in [-0.2, 0) is 4.74 Å². The quantitative estimate of drug-likeness (QED) is 0.854. The molecule has 16 heavy (non-hydrogen) atoms. The third-order valence-corrected chi connectivity index (χ3v) is 2.58. The minimum Gasteiger partial charge on any atom is -0.453 e. The van der Waals surface area contributed by atoms with Crippen molar-refractivity contribution in [3.05, 3.63) is 29.8 Å². The molecule has 0 bridgehead atoms. The Bertz CT molecular complexity index is 364. The summed E-state index contributed by atoms with van der Waals surface area (Å²) < 4.78 is 4.54. The SMILES string of the molecule is COC(=O)Nc1cccc(C(C)N(C)C)c1. The number of benzene rings is 1. The summed E-state index contributed by atoms with van der Waals surface area (Å²) in [5, 5.41) is 2.65. The first-order chi connectivity index (χ1) is 7.54. The Morgan fingerprint density at radius 2 is 2.12 bits per heavy atom. The van der Waals surface area contributed by atoms with Crippen LogP contribution < -0.4 is 5.32 Å². The molecular weight excluding hydrogens is 204 g/mol. The van der Waals surface area contributed by atoms with Gasteiger partial charge in [-0.15, -0.1) is 0 Å². The summed E-state index contributed by atoms with van der Waals surface area (Å²) in [5.41, 5.74) is 1.90. The molecule has 0 saturated heterocycles. The van der Waals surface area contributed by atoms with E-state index in [4.69, 9.17) is 0 Å². The van der Waals surface area contributed by atoms with Crippen LogP contribution in [0.25, 0.3) is 0 Å². The lowest BCUT2D eigenvalue weighted by atomic mass is 10.1. The molecule has 0 radical (unpaired) electrons. The summed E-state index contributed by atoms with van der Waals surface area (Å²) in [4.78, 5) is 13.2. The van der Waals surface area contributed by atoms with Gasteiger partial charge in [0.05, 0.1) is 7.11 Å². The van der Waals surface area contributed by atoms with Crippen LogP contribution in [0.1, 0.15) is 18.5 Å². The van der Waals surface area contributed by atoms with E-state index < -0.39 is 6.09 Å². The Labute approximate surface area is 96.2 Å². The van der Waals surface area contributed by atoms with Crippen molar-refractivity contribution in [3.8, 4) is 0 Å². The van der Waals surface area contributed by atoms with Gasteiger partial charge in [-0.25, -0.2) is 4.79 Å². The van der Waals surface area contributed by atoms with Crippen molar-refractivity contribution in [1.82, 2.24) is 4.90 Å². The van der Waals surface area contributed by atoms with Crippen LogP contribution in [0.4, 0.5) is 10.5 Å². The smallest absolute Gasteiger partial charge is 0.411 e. The highest BCUT2D eigenvalue weighted by Crippen LogP contribution is 2.20. The van der Waals surface area contributed by atoms with E-state index in [1.165, 1.54) is 7.11 Å². The van der Waals surface area contributed by atoms with Gasteiger partial charge in [0.1, 0.15) is 0 Å². The van der Waals surface area contributed by atoms with Gasteiger partial charge in [-0.2, -0.15) is 0 Å². The second-order valence-electron chi connectivity index (χ2n) is 3.88. The summed E-state index contributed by atoms with van der Waals surface area (Å²) >= 11 is 0. The van der Waals surface area contributed by atoms with Crippen LogP contribution in [0.15, 0.2) is 24.3 Å². The zero-order valence-electron chi connectivity index (χ0n) is 10.2. The average molecular weight is 222 g/mol. The maximum Gasteiger partial charge on any atom is 0.411 e. The molecule has 88 valence electrons.